The summed E-state index contributed by atoms with van der Waals surface area (Å²) in [6.07, 6.45) is 2.46. The molecule has 1 aromatic rings. The molecule has 0 saturated heterocycles. The van der Waals surface area contributed by atoms with Crippen molar-refractivity contribution in [3.63, 3.8) is 0 Å². The number of amidine groups is 1. The van der Waals surface area contributed by atoms with Gasteiger partial charge in [-0.3, -0.25) is 4.99 Å². The lowest BCUT2D eigenvalue weighted by atomic mass is 9.99. The van der Waals surface area contributed by atoms with Crippen molar-refractivity contribution in [3.05, 3.63) is 29.3 Å². The van der Waals surface area contributed by atoms with Crippen LogP contribution in [-0.4, -0.2) is 17.0 Å². The minimum Gasteiger partial charge on any atom is -0.335 e. The van der Waals surface area contributed by atoms with E-state index in [4.69, 9.17) is 11.6 Å². The number of anilines is 1. The van der Waals surface area contributed by atoms with Gasteiger partial charge in [-0.1, -0.05) is 56.1 Å². The molecule has 0 aliphatic carbocycles. The van der Waals surface area contributed by atoms with Crippen molar-refractivity contribution < 1.29 is 0 Å². The second-order valence-corrected chi connectivity index (χ2v) is 6.18. The van der Waals surface area contributed by atoms with Crippen LogP contribution in [0.25, 0.3) is 0 Å². The molecular weight excluding hydrogens is 264 g/mol. The summed E-state index contributed by atoms with van der Waals surface area (Å²) in [5.41, 5.74) is 1.01. The largest absolute Gasteiger partial charge is 0.335 e. The number of thioether (sulfide) groups is 1. The van der Waals surface area contributed by atoms with Gasteiger partial charge in [0.1, 0.15) is 0 Å². The molecular formula is C14H19ClN2S. The van der Waals surface area contributed by atoms with Gasteiger partial charge < -0.3 is 5.32 Å². The highest BCUT2D eigenvalue weighted by Crippen LogP contribution is 2.31. The van der Waals surface area contributed by atoms with E-state index in [1.165, 1.54) is 12.8 Å². The van der Waals surface area contributed by atoms with Crippen LogP contribution in [0.2, 0.25) is 5.02 Å². The summed E-state index contributed by atoms with van der Waals surface area (Å²) in [5, 5.41) is 5.74. The average Bonchev–Trinajstić information content (AvgIpc) is 2.79. The highest BCUT2D eigenvalue weighted by Gasteiger charge is 2.25. The SMILES string of the molecule is CCC(CC)C1CN=C(Nc2cccc(Cl)c2)S1. The summed E-state index contributed by atoms with van der Waals surface area (Å²) in [6.45, 7) is 5.45. The Morgan fingerprint density at radius 2 is 2.22 bits per heavy atom. The first-order chi connectivity index (χ1) is 8.72. The van der Waals surface area contributed by atoms with Crippen LogP contribution in [0.4, 0.5) is 5.69 Å². The standard InChI is InChI=1S/C14H19ClN2S/c1-3-10(4-2)13-9-16-14(18-13)17-12-7-5-6-11(15)8-12/h5-8,10,13H,3-4,9H2,1-2H3,(H,16,17). The predicted octanol–water partition coefficient (Wildman–Crippen LogP) is 4.66. The van der Waals surface area contributed by atoms with Crippen molar-refractivity contribution in [3.8, 4) is 0 Å². The molecule has 0 bridgehead atoms. The number of benzene rings is 1. The topological polar surface area (TPSA) is 24.4 Å². The Morgan fingerprint density at radius 3 is 2.89 bits per heavy atom. The van der Waals surface area contributed by atoms with E-state index in [2.05, 4.69) is 24.2 Å². The number of hydrogen-bond acceptors (Lipinski definition) is 3. The molecule has 98 valence electrons. The third-order valence-corrected chi connectivity index (χ3v) is 4.85. The molecule has 0 spiro atoms. The Kier molecular flexibility index (Phi) is 4.95. The molecule has 4 heteroatoms. The van der Waals surface area contributed by atoms with E-state index in [0.717, 1.165) is 28.3 Å². The minimum absolute atomic E-state index is 0.627. The van der Waals surface area contributed by atoms with Gasteiger partial charge >= 0.3 is 0 Å². The van der Waals surface area contributed by atoms with E-state index in [1.807, 2.05) is 36.0 Å². The second-order valence-electron chi connectivity index (χ2n) is 4.51. The van der Waals surface area contributed by atoms with Crippen LogP contribution in [0, 0.1) is 5.92 Å². The van der Waals surface area contributed by atoms with E-state index in [1.54, 1.807) is 0 Å². The predicted molar refractivity (Wildman–Crippen MR) is 82.8 cm³/mol. The van der Waals surface area contributed by atoms with E-state index < -0.39 is 0 Å². The van der Waals surface area contributed by atoms with Crippen LogP contribution in [0.3, 0.4) is 0 Å². The van der Waals surface area contributed by atoms with Crippen LogP contribution in [0.5, 0.6) is 0 Å². The Hall–Kier alpha value is -0.670. The molecule has 2 rings (SSSR count). The first kappa shape index (κ1) is 13.8. The van der Waals surface area contributed by atoms with Crippen LogP contribution in [-0.2, 0) is 0 Å². The molecule has 2 nitrogen and oxygen atoms in total. The lowest BCUT2D eigenvalue weighted by Gasteiger charge is -2.18. The van der Waals surface area contributed by atoms with E-state index in [9.17, 15) is 0 Å². The van der Waals surface area contributed by atoms with Gasteiger partial charge in [0.25, 0.3) is 0 Å². The zero-order valence-corrected chi connectivity index (χ0v) is 12.4. The Balaban J connectivity index is 1.93. The van der Waals surface area contributed by atoms with Gasteiger partial charge in [-0.2, -0.15) is 0 Å². The summed E-state index contributed by atoms with van der Waals surface area (Å²) in [5.74, 6) is 0.761. The first-order valence-electron chi connectivity index (χ1n) is 6.46. The molecule has 0 radical (unpaired) electrons. The molecule has 0 saturated carbocycles. The molecule has 1 unspecified atom stereocenters. The summed E-state index contributed by atoms with van der Waals surface area (Å²) in [4.78, 5) is 4.58. The summed E-state index contributed by atoms with van der Waals surface area (Å²) in [6, 6.07) is 7.76. The quantitative estimate of drug-likeness (QED) is 0.868. The van der Waals surface area contributed by atoms with Crippen LogP contribution in [0.15, 0.2) is 29.3 Å². The summed E-state index contributed by atoms with van der Waals surface area (Å²) >= 11 is 7.83. The zero-order valence-electron chi connectivity index (χ0n) is 10.8. The van der Waals surface area contributed by atoms with Crippen molar-refractivity contribution in [1.29, 1.82) is 0 Å². The molecule has 1 atom stereocenters. The van der Waals surface area contributed by atoms with Crippen LogP contribution in [0.1, 0.15) is 26.7 Å². The highest BCUT2D eigenvalue weighted by molar-refractivity contribution is 8.15. The van der Waals surface area contributed by atoms with Crippen molar-refractivity contribution in [1.82, 2.24) is 0 Å². The lowest BCUT2D eigenvalue weighted by Crippen LogP contribution is -2.17. The number of aliphatic imine (C=N–C) groups is 1. The minimum atomic E-state index is 0.627. The molecule has 1 aliphatic heterocycles. The molecule has 0 fully saturated rings. The maximum Gasteiger partial charge on any atom is 0.161 e. The fraction of sp³-hybridized carbons (Fsp3) is 0.500. The molecule has 18 heavy (non-hydrogen) atoms. The van der Waals surface area contributed by atoms with Gasteiger partial charge in [0.2, 0.25) is 0 Å². The number of nitrogens with one attached hydrogen (secondary N) is 1. The monoisotopic (exact) mass is 282 g/mol. The van der Waals surface area contributed by atoms with Crippen LogP contribution >= 0.6 is 23.4 Å². The third kappa shape index (κ3) is 3.42. The Morgan fingerprint density at radius 1 is 1.44 bits per heavy atom. The smallest absolute Gasteiger partial charge is 0.161 e. The molecule has 0 amide bonds. The van der Waals surface area contributed by atoms with E-state index in [-0.39, 0.29) is 0 Å². The molecule has 1 heterocycles. The van der Waals surface area contributed by atoms with Gasteiger partial charge in [-0.25, -0.2) is 0 Å². The Labute approximate surface area is 118 Å². The van der Waals surface area contributed by atoms with Crippen LogP contribution < -0.4 is 5.32 Å². The fourth-order valence-corrected chi connectivity index (χ4v) is 3.74. The van der Waals surface area contributed by atoms with Crippen molar-refractivity contribution >= 4 is 34.2 Å². The molecule has 1 aliphatic rings. The third-order valence-electron chi connectivity index (χ3n) is 3.33. The fourth-order valence-electron chi connectivity index (χ4n) is 2.21. The van der Waals surface area contributed by atoms with Gasteiger partial charge in [0.15, 0.2) is 5.17 Å². The van der Waals surface area contributed by atoms with Crippen molar-refractivity contribution in [2.75, 3.05) is 11.9 Å². The van der Waals surface area contributed by atoms with Gasteiger partial charge in [-0.05, 0) is 24.1 Å². The first-order valence-corrected chi connectivity index (χ1v) is 7.72. The highest BCUT2D eigenvalue weighted by atomic mass is 35.5. The average molecular weight is 283 g/mol. The number of rotatable bonds is 4. The number of nitrogens with zero attached hydrogens (tertiary/aromatic N) is 1. The lowest BCUT2D eigenvalue weighted by molar-refractivity contribution is 0.479. The molecule has 0 aromatic heterocycles. The molecule has 1 aromatic carbocycles. The van der Waals surface area contributed by atoms with E-state index in [0.29, 0.717) is 5.25 Å². The van der Waals surface area contributed by atoms with Gasteiger partial charge in [0, 0.05) is 16.0 Å². The summed E-state index contributed by atoms with van der Waals surface area (Å²) in [7, 11) is 0. The maximum atomic E-state index is 5.97. The van der Waals surface area contributed by atoms with Gasteiger partial charge in [-0.15, -0.1) is 0 Å². The van der Waals surface area contributed by atoms with Gasteiger partial charge in [0.05, 0.1) is 6.54 Å². The Bertz CT molecular complexity index is 430. The van der Waals surface area contributed by atoms with Crippen molar-refractivity contribution in [2.24, 2.45) is 10.9 Å². The normalized spacial score (nSPS) is 19.1. The number of halogens is 1. The maximum absolute atomic E-state index is 5.97. The van der Waals surface area contributed by atoms with Crippen molar-refractivity contribution in [2.45, 2.75) is 31.9 Å². The second kappa shape index (κ2) is 6.48. The molecule has 1 N–H and O–H groups in total. The van der Waals surface area contributed by atoms with E-state index >= 15 is 0 Å². The number of hydrogen-bond donors (Lipinski definition) is 1. The zero-order chi connectivity index (χ0) is 13.0. The summed E-state index contributed by atoms with van der Waals surface area (Å²) < 4.78 is 0.